The van der Waals surface area contributed by atoms with Gasteiger partial charge < -0.3 is 5.11 Å². The molecular formula is C15H19F3OS2. The van der Waals surface area contributed by atoms with Crippen molar-refractivity contribution in [3.63, 3.8) is 0 Å². The van der Waals surface area contributed by atoms with Crippen molar-refractivity contribution in [2.45, 2.75) is 43.0 Å². The highest BCUT2D eigenvalue weighted by Crippen LogP contribution is 2.41. The van der Waals surface area contributed by atoms with Crippen LogP contribution in [0.5, 0.6) is 0 Å². The Bertz CT molecular complexity index is 490. The Kier molecular flexibility index (Phi) is 5.54. The molecule has 1 nitrogen and oxygen atoms in total. The molecule has 2 rings (SSSR count). The molecule has 0 spiro atoms. The smallest absolute Gasteiger partial charge is 0.387 e. The summed E-state index contributed by atoms with van der Waals surface area (Å²) in [4.78, 5) is 0. The van der Waals surface area contributed by atoms with E-state index in [2.05, 4.69) is 6.92 Å². The van der Waals surface area contributed by atoms with Crippen LogP contribution in [0.3, 0.4) is 0 Å². The van der Waals surface area contributed by atoms with Gasteiger partial charge in [-0.25, -0.2) is 0 Å². The fraction of sp³-hybridized carbons (Fsp3) is 0.600. The lowest BCUT2D eigenvalue weighted by Crippen LogP contribution is -2.31. The van der Waals surface area contributed by atoms with Crippen LogP contribution in [0, 0.1) is 6.92 Å². The van der Waals surface area contributed by atoms with Crippen LogP contribution in [0.2, 0.25) is 0 Å². The van der Waals surface area contributed by atoms with Gasteiger partial charge in [0.2, 0.25) is 0 Å². The number of hydrogen-bond donors (Lipinski definition) is 1. The maximum atomic E-state index is 12.7. The normalized spacial score (nSPS) is 24.9. The van der Waals surface area contributed by atoms with Gasteiger partial charge in [-0.05, 0) is 36.6 Å². The molecule has 3 unspecified atom stereocenters. The van der Waals surface area contributed by atoms with E-state index in [0.29, 0.717) is 16.4 Å². The predicted molar refractivity (Wildman–Crippen MR) is 83.9 cm³/mol. The summed E-state index contributed by atoms with van der Waals surface area (Å²) in [5.74, 6) is 2.04. The molecule has 3 atom stereocenters. The molecule has 0 radical (unpaired) electrons. The minimum atomic E-state index is -4.34. The molecule has 0 aliphatic carbocycles. The predicted octanol–water partition coefficient (Wildman–Crippen LogP) is 4.67. The van der Waals surface area contributed by atoms with Crippen LogP contribution in [-0.4, -0.2) is 27.1 Å². The van der Waals surface area contributed by atoms with Gasteiger partial charge in [-0.3, -0.25) is 0 Å². The van der Waals surface area contributed by atoms with Crippen molar-refractivity contribution < 1.29 is 18.3 Å². The van der Waals surface area contributed by atoms with Gasteiger partial charge >= 0.3 is 6.18 Å². The second-order valence-electron chi connectivity index (χ2n) is 5.17. The Morgan fingerprint density at radius 1 is 1.29 bits per heavy atom. The van der Waals surface area contributed by atoms with Crippen molar-refractivity contribution >= 4 is 23.5 Å². The van der Waals surface area contributed by atoms with Crippen molar-refractivity contribution in [2.75, 3.05) is 11.5 Å². The van der Waals surface area contributed by atoms with Crippen LogP contribution in [0.15, 0.2) is 18.2 Å². The Morgan fingerprint density at radius 3 is 2.52 bits per heavy atom. The summed E-state index contributed by atoms with van der Waals surface area (Å²) >= 11 is 3.57. The SMILES string of the molecule is CCC1SCCSC1C(O)c1ccc(C(F)(F)F)cc1C. The summed E-state index contributed by atoms with van der Waals surface area (Å²) in [5, 5.41) is 11.0. The first-order chi connectivity index (χ1) is 9.84. The van der Waals surface area contributed by atoms with Crippen LogP contribution >= 0.6 is 23.5 Å². The second kappa shape index (κ2) is 6.84. The number of alkyl halides is 3. The third-order valence-corrected chi connectivity index (χ3v) is 7.06. The lowest BCUT2D eigenvalue weighted by atomic mass is 9.96. The molecule has 1 heterocycles. The maximum absolute atomic E-state index is 12.7. The van der Waals surface area contributed by atoms with Crippen molar-refractivity contribution in [1.29, 1.82) is 0 Å². The van der Waals surface area contributed by atoms with E-state index in [1.807, 2.05) is 11.8 Å². The van der Waals surface area contributed by atoms with Crippen LogP contribution < -0.4 is 0 Å². The third-order valence-electron chi connectivity index (χ3n) is 3.72. The fourth-order valence-corrected chi connectivity index (χ4v) is 5.72. The van der Waals surface area contributed by atoms with Crippen molar-refractivity contribution in [1.82, 2.24) is 0 Å². The molecule has 0 amide bonds. The fourth-order valence-electron chi connectivity index (χ4n) is 2.59. The summed E-state index contributed by atoms with van der Waals surface area (Å²) in [7, 11) is 0. The zero-order valence-electron chi connectivity index (χ0n) is 12.0. The van der Waals surface area contributed by atoms with E-state index < -0.39 is 17.8 Å². The number of aliphatic hydroxyl groups excluding tert-OH is 1. The van der Waals surface area contributed by atoms with Gasteiger partial charge in [-0.1, -0.05) is 13.0 Å². The number of rotatable bonds is 3. The average Bonchev–Trinajstić information content (AvgIpc) is 2.45. The topological polar surface area (TPSA) is 20.2 Å². The zero-order valence-corrected chi connectivity index (χ0v) is 13.6. The molecule has 1 aliphatic rings. The largest absolute Gasteiger partial charge is 0.416 e. The van der Waals surface area contributed by atoms with Gasteiger partial charge in [0.05, 0.1) is 11.7 Å². The number of aryl methyl sites for hydroxylation is 1. The van der Waals surface area contributed by atoms with Gasteiger partial charge in [0.15, 0.2) is 0 Å². The third kappa shape index (κ3) is 3.90. The molecule has 0 bridgehead atoms. The first-order valence-electron chi connectivity index (χ1n) is 6.93. The van der Waals surface area contributed by atoms with Crippen molar-refractivity contribution in [2.24, 2.45) is 0 Å². The Labute approximate surface area is 131 Å². The van der Waals surface area contributed by atoms with Crippen LogP contribution in [0.4, 0.5) is 13.2 Å². The van der Waals surface area contributed by atoms with E-state index >= 15 is 0 Å². The van der Waals surface area contributed by atoms with Gasteiger partial charge in [0.1, 0.15) is 0 Å². The number of aliphatic hydroxyl groups is 1. The summed E-state index contributed by atoms with van der Waals surface area (Å²) in [6.07, 6.45) is -4.09. The highest BCUT2D eigenvalue weighted by molar-refractivity contribution is 8.07. The number of benzene rings is 1. The van der Waals surface area contributed by atoms with Gasteiger partial charge in [-0.15, -0.1) is 0 Å². The molecule has 1 aliphatic heterocycles. The van der Waals surface area contributed by atoms with Crippen molar-refractivity contribution in [3.05, 3.63) is 34.9 Å². The van der Waals surface area contributed by atoms with E-state index in [1.54, 1.807) is 18.7 Å². The monoisotopic (exact) mass is 336 g/mol. The van der Waals surface area contributed by atoms with Gasteiger partial charge in [0.25, 0.3) is 0 Å². The molecule has 6 heteroatoms. The number of thioether (sulfide) groups is 2. The van der Waals surface area contributed by atoms with Gasteiger partial charge in [-0.2, -0.15) is 36.7 Å². The van der Waals surface area contributed by atoms with E-state index in [0.717, 1.165) is 30.1 Å². The molecule has 1 N–H and O–H groups in total. The standard InChI is InChI=1S/C15H19F3OS2/c1-3-12-14(21-7-6-20-12)13(19)11-5-4-10(8-9(11)2)15(16,17)18/h4-5,8,12-14,19H,3,6-7H2,1-2H3. The summed E-state index contributed by atoms with van der Waals surface area (Å²) in [6.45, 7) is 3.72. The highest BCUT2D eigenvalue weighted by Gasteiger charge is 2.34. The first-order valence-corrected chi connectivity index (χ1v) is 9.03. The molecule has 1 saturated heterocycles. The molecule has 0 aromatic heterocycles. The van der Waals surface area contributed by atoms with E-state index in [9.17, 15) is 18.3 Å². The van der Waals surface area contributed by atoms with Crippen LogP contribution in [-0.2, 0) is 6.18 Å². The second-order valence-corrected chi connectivity index (χ2v) is 7.80. The van der Waals surface area contributed by atoms with Crippen molar-refractivity contribution in [3.8, 4) is 0 Å². The Balaban J connectivity index is 2.24. The zero-order chi connectivity index (χ0) is 15.6. The van der Waals surface area contributed by atoms with E-state index in [1.165, 1.54) is 6.07 Å². The lowest BCUT2D eigenvalue weighted by molar-refractivity contribution is -0.137. The Hall–Kier alpha value is -0.330. The van der Waals surface area contributed by atoms with E-state index in [4.69, 9.17) is 0 Å². The minimum absolute atomic E-state index is 0.0455. The average molecular weight is 336 g/mol. The number of halogens is 3. The minimum Gasteiger partial charge on any atom is -0.387 e. The lowest BCUT2D eigenvalue weighted by Gasteiger charge is -2.34. The van der Waals surface area contributed by atoms with Crippen LogP contribution in [0.1, 0.15) is 36.1 Å². The van der Waals surface area contributed by atoms with Gasteiger partial charge in [0, 0.05) is 22.0 Å². The Morgan fingerprint density at radius 2 is 1.95 bits per heavy atom. The highest BCUT2D eigenvalue weighted by atomic mass is 32.2. The van der Waals surface area contributed by atoms with Crippen LogP contribution in [0.25, 0.3) is 0 Å². The molecule has 1 aromatic carbocycles. The summed E-state index contributed by atoms with van der Waals surface area (Å²) in [6, 6.07) is 3.61. The van der Waals surface area contributed by atoms with E-state index in [-0.39, 0.29) is 5.25 Å². The molecular weight excluding hydrogens is 317 g/mol. The molecule has 21 heavy (non-hydrogen) atoms. The first kappa shape index (κ1) is 17.0. The summed E-state index contributed by atoms with van der Waals surface area (Å²) < 4.78 is 38.1. The quantitative estimate of drug-likeness (QED) is 0.866. The molecule has 118 valence electrons. The molecule has 1 aromatic rings. The maximum Gasteiger partial charge on any atom is 0.416 e. The number of hydrogen-bond acceptors (Lipinski definition) is 3. The summed E-state index contributed by atoms with van der Waals surface area (Å²) in [5.41, 5.74) is 0.457. The molecule has 0 saturated carbocycles. The molecule has 1 fully saturated rings.